The van der Waals surface area contributed by atoms with Gasteiger partial charge in [0, 0.05) is 71.4 Å². The number of aryl methyl sites for hydroxylation is 2. The number of esters is 2. The fraction of sp³-hybridized carbons (Fsp3) is 0.307. The zero-order valence-electron chi connectivity index (χ0n) is 64.7. The first-order valence-electron chi connectivity index (χ1n) is 35.2. The van der Waals surface area contributed by atoms with Gasteiger partial charge in [0.05, 0.1) is 110 Å². The smallest absolute Gasteiger partial charge is 1.00 e. The minimum absolute atomic E-state index is 0. The number of aliphatic hydroxyl groups excluding tert-OH is 2. The summed E-state index contributed by atoms with van der Waals surface area (Å²) in [4.78, 5) is 71.1. The van der Waals surface area contributed by atoms with Crippen molar-refractivity contribution in [3.05, 3.63) is 187 Å². The zero-order valence-corrected chi connectivity index (χ0v) is 64.2. The van der Waals surface area contributed by atoms with E-state index in [0.29, 0.717) is 81.9 Å². The number of cyclic esters (lactones) is 2. The molecule has 2 fully saturated rings. The van der Waals surface area contributed by atoms with Gasteiger partial charge in [-0.25, -0.2) is 34.7 Å². The number of pyridine rings is 3. The summed E-state index contributed by atoms with van der Waals surface area (Å²) in [6, 6.07) is 24.2. The Kier molecular flexibility index (Phi) is 29.9. The maximum absolute atomic E-state index is 13.2. The number of carbonyl (C=O) groups is 4. The van der Waals surface area contributed by atoms with Crippen LogP contribution in [-0.2, 0) is 49.7 Å². The quantitative estimate of drug-likeness (QED) is 0.0446. The number of anilines is 6. The van der Waals surface area contributed by atoms with Gasteiger partial charge in [0.25, 0.3) is 0 Å². The number of phenolic OH excluding ortho intramolecular Hbond substituents is 2. The number of nitrogens with zero attached hydrogens (tertiary/aromatic N) is 6. The number of benzene rings is 4. The van der Waals surface area contributed by atoms with Gasteiger partial charge in [-0.05, 0) is 133 Å². The molecule has 10 heterocycles. The van der Waals surface area contributed by atoms with Crippen molar-refractivity contribution < 1.29 is 117 Å². The normalized spacial score (nSPS) is 18.3. The fourth-order valence-electron chi connectivity index (χ4n) is 13.2. The minimum atomic E-state index is -0.993. The van der Waals surface area contributed by atoms with Gasteiger partial charge in [-0.1, -0.05) is 19.1 Å². The Hall–Kier alpha value is -11.0. The first-order valence-corrected chi connectivity index (χ1v) is 36.7. The number of nitrogens with two attached hydrogens (primary N) is 4. The van der Waals surface area contributed by atoms with E-state index in [9.17, 15) is 39.6 Å². The van der Waals surface area contributed by atoms with Crippen LogP contribution in [0.25, 0.3) is 0 Å². The number of aromatic carboxylic acids is 1. The molecular weight excluding hydrogens is 1530 g/mol. The van der Waals surface area contributed by atoms with Crippen LogP contribution >= 0.6 is 34.0 Å². The molecule has 38 heteroatoms. The molecule has 4 aromatic carbocycles. The molecule has 10 aromatic rings. The zero-order chi connectivity index (χ0) is 81.2. The van der Waals surface area contributed by atoms with E-state index in [1.807, 2.05) is 48.0 Å². The number of carboxylic acids is 2. The Bertz CT molecular complexity index is 4890. The molecule has 0 spiro atoms. The Morgan fingerprint density at radius 2 is 1.06 bits per heavy atom. The van der Waals surface area contributed by atoms with E-state index in [1.165, 1.54) is 80.8 Å². The molecule has 6 aromatic heterocycles. The van der Waals surface area contributed by atoms with Crippen LogP contribution in [0.15, 0.2) is 120 Å². The fourth-order valence-corrected chi connectivity index (χ4v) is 15.2. The summed E-state index contributed by atoms with van der Waals surface area (Å²) in [5, 5.41) is 70.7. The van der Waals surface area contributed by atoms with Crippen molar-refractivity contribution >= 4 is 116 Å². The van der Waals surface area contributed by atoms with Crippen LogP contribution in [-0.4, -0.2) is 175 Å². The number of hydrogen-bond donors (Lipinski definition) is 12. The number of aliphatic carboxylic acids is 1. The molecule has 113 heavy (non-hydrogen) atoms. The summed E-state index contributed by atoms with van der Waals surface area (Å²) in [7, 11) is 6.37. The average Bonchev–Trinajstić information content (AvgIpc) is 1.46. The number of hydrogen-bond acceptors (Lipinski definition) is 33. The molecule has 2 aliphatic carbocycles. The second kappa shape index (κ2) is 40.0. The van der Waals surface area contributed by atoms with E-state index in [-0.39, 0.29) is 160 Å². The number of fused-ring (bicyclic) bond motifs is 6. The number of rotatable bonds is 17. The van der Waals surface area contributed by atoms with Crippen LogP contribution in [0.3, 0.4) is 0 Å². The molecule has 8 atom stereocenters. The van der Waals surface area contributed by atoms with Gasteiger partial charge in [0.15, 0.2) is 78.8 Å². The van der Waals surface area contributed by atoms with Gasteiger partial charge >= 0.3 is 42.7 Å². The van der Waals surface area contributed by atoms with Crippen molar-refractivity contribution in [2.75, 3.05) is 95.4 Å². The first-order chi connectivity index (χ1) is 54.4. The molecule has 0 unspecified atom stereocenters. The SMILES string of the molecule is CCc1csc(N)n1.COc1cc([C@@H]2c3cc4c(cc3[C@@H](Nc3ccc(CO)cn3)[C@H]3COC(=O)[C@H]23)OCO4)cc(OC)c1O.COc1cc([C@@H]2c3cc4c(cc3[C@@H](Nc3nc(CCO)cs3)[C@H]3COC(=O)[C@H]23)OCO4)cc(OC)c1O.Cc1ccc(N)nc1.Nc1ccc(C(=O)O)cn1.Nc1nc(CC(=O)O)cs1.[2H][B][2H].[AlH3].[H-].[Li+]. The van der Waals surface area contributed by atoms with Crippen molar-refractivity contribution in [3.63, 3.8) is 0 Å². The summed E-state index contributed by atoms with van der Waals surface area (Å²) < 4.78 is 67.2. The number of thiazole rings is 3. The minimum Gasteiger partial charge on any atom is -1.00 e. The number of ether oxygens (including phenoxy) is 10. The van der Waals surface area contributed by atoms with Gasteiger partial charge in [-0.15, -0.1) is 34.0 Å². The number of carboxylic acid groups (broad SMARTS) is 2. The van der Waals surface area contributed by atoms with Crippen LogP contribution < -0.4 is 90.3 Å². The number of carbonyl (C=O) groups excluding carboxylic acids is 2. The van der Waals surface area contributed by atoms with Crippen LogP contribution in [0.5, 0.6) is 57.5 Å². The molecule has 32 nitrogen and oxygen atoms in total. The molecule has 0 saturated carbocycles. The van der Waals surface area contributed by atoms with E-state index in [2.05, 4.69) is 47.5 Å². The molecule has 0 amide bonds. The molecule has 16 N–H and O–H groups in total. The third-order valence-corrected chi connectivity index (χ3v) is 20.7. The Morgan fingerprint density at radius 3 is 1.43 bits per heavy atom. The summed E-state index contributed by atoms with van der Waals surface area (Å²) in [6.45, 7) is 4.67. The maximum atomic E-state index is 13.2. The summed E-state index contributed by atoms with van der Waals surface area (Å²) in [6.07, 6.45) is 5.98. The number of aromatic nitrogens is 6. The van der Waals surface area contributed by atoms with Crippen LogP contribution in [0.2, 0.25) is 0 Å². The third kappa shape index (κ3) is 20.6. The van der Waals surface area contributed by atoms with Gasteiger partial charge in [0.1, 0.15) is 17.5 Å². The van der Waals surface area contributed by atoms with Gasteiger partial charge in [-0.3, -0.25) is 14.4 Å². The van der Waals surface area contributed by atoms with E-state index in [1.54, 1.807) is 60.2 Å². The third-order valence-electron chi connectivity index (χ3n) is 18.4. The number of phenols is 2. The van der Waals surface area contributed by atoms with Crippen LogP contribution in [0, 0.1) is 30.6 Å². The maximum Gasteiger partial charge on any atom is 1.00 e. The number of aliphatic hydroxyl groups is 2. The number of nitrogen functional groups attached to an aromatic ring is 4. The predicted molar refractivity (Wildman–Crippen MR) is 425 cm³/mol. The number of methoxy groups -OCH3 is 4. The van der Waals surface area contributed by atoms with E-state index in [4.69, 9.17) is 83.2 Å². The Balaban J connectivity index is 0.000000216. The van der Waals surface area contributed by atoms with Crippen LogP contribution in [0.4, 0.5) is 32.8 Å². The van der Waals surface area contributed by atoms with E-state index >= 15 is 0 Å². The first kappa shape index (κ1) is 84.5. The predicted octanol–water partition coefficient (Wildman–Crippen LogP) is 4.32. The van der Waals surface area contributed by atoms with Crippen molar-refractivity contribution in [3.8, 4) is 57.5 Å². The standard InChI is InChI=1S/C27H26N2O8.C26H26N2O8S.C6H6N2O2.C6H8N2.C5H6N2O2S.C5H8N2S.Al.BH2.Li.4H/c1-33-20-5-14(6-21(34-2)26(20)31)23-15-7-18-19(37-12-36-18)8-16(15)25(17-11-35-27(32)24(17)23)29-22-4-3-13(10-30)9-28-22;1-32-19-5-12(6-20(33-2)24(19)30)21-14-7-17-18(36-11-35-17)8-15(14)23(16-9-34-25(31)22(16)21)28-26-27-13(3-4-29)10-37-26;7-5-2-1-4(3-8-5)6(9)10;1-5-2-3-6(7)8-4-5;6-5-7-3(2-10-5)1-4(8)9;1-2-4-3-8-5(6)7-4;;;;;;;/h3-9,17,23-25,30-31H,10-12H2,1-2H3,(H,28,29);5-8,10,16,21-23,29-30H,3-4,9,11H2,1-2H3,(H,27,28);1-3H,(H2,7,8)(H,9,10);2-4H,1H3,(H2,7,8);2H,1H2,(H2,6,7)(H,8,9);3H,2H2,1H3,(H2,6,7);;1H2;;;;;/q;;;;;;;;+1;;;;-1/t17-,23+,24-,25+;16-,21+,22-,23+;;;;;;;;;;;/m00.........../s1/i;;;;;;;1D2;;;;;. The molecule has 591 valence electrons. The molecule has 1 radical (unpaired) electrons. The molecular formula is C75H86AlBLiN12O20S3. The number of nitrogens with one attached hydrogen (secondary N) is 2. The Labute approximate surface area is 689 Å². The molecule has 2 saturated heterocycles. The second-order valence-corrected chi connectivity index (χ2v) is 27.8. The number of aromatic hydroxyl groups is 2. The van der Waals surface area contributed by atoms with Gasteiger partial charge in [-0.2, -0.15) is 0 Å². The van der Waals surface area contributed by atoms with Crippen molar-refractivity contribution in [1.29, 1.82) is 2.67 Å². The van der Waals surface area contributed by atoms with Gasteiger partial charge < -0.3 is 113 Å². The summed E-state index contributed by atoms with van der Waals surface area (Å²) >= 11 is 4.20. The molecule has 0 bridgehead atoms. The van der Waals surface area contributed by atoms with E-state index in [0.717, 1.165) is 56.8 Å². The largest absolute Gasteiger partial charge is 1.00 e. The Morgan fingerprint density at radius 1 is 0.602 bits per heavy atom. The molecule has 16 rings (SSSR count). The van der Waals surface area contributed by atoms with Crippen LogP contribution in [0.1, 0.15) is 104 Å². The molecule has 6 aliphatic rings. The summed E-state index contributed by atoms with van der Waals surface area (Å²) in [5.41, 5.74) is 30.7. The monoisotopic (exact) mass is 1620 g/mol. The van der Waals surface area contributed by atoms with Gasteiger partial charge in [0.2, 0.25) is 25.1 Å². The second-order valence-electron chi connectivity index (χ2n) is 25.2. The average molecular weight is 1620 g/mol. The molecule has 4 aliphatic heterocycles. The van der Waals surface area contributed by atoms with E-state index < -0.39 is 35.6 Å². The van der Waals surface area contributed by atoms with Crippen molar-refractivity contribution in [2.45, 2.75) is 63.6 Å². The van der Waals surface area contributed by atoms with Crippen molar-refractivity contribution in [1.82, 2.24) is 29.9 Å². The topological polar surface area (TPSA) is 487 Å². The van der Waals surface area contributed by atoms with Crippen molar-refractivity contribution in [2.24, 2.45) is 23.7 Å². The summed E-state index contributed by atoms with van der Waals surface area (Å²) in [5.74, 6) is -0.0575.